The van der Waals surface area contributed by atoms with Gasteiger partial charge in [0.1, 0.15) is 0 Å². The fourth-order valence-electron chi connectivity index (χ4n) is 2.62. The van der Waals surface area contributed by atoms with Gasteiger partial charge in [0.25, 0.3) is 0 Å². The summed E-state index contributed by atoms with van der Waals surface area (Å²) in [5, 5.41) is 0. The first-order valence-corrected chi connectivity index (χ1v) is 6.92. The molecule has 1 aliphatic rings. The van der Waals surface area contributed by atoms with E-state index in [1.54, 1.807) is 0 Å². The van der Waals surface area contributed by atoms with Crippen LogP contribution in [0.1, 0.15) is 52.9 Å². The fourth-order valence-corrected chi connectivity index (χ4v) is 2.62. The van der Waals surface area contributed by atoms with Gasteiger partial charge < -0.3 is 0 Å². The fraction of sp³-hybridized carbons (Fsp3) is 0.750. The summed E-state index contributed by atoms with van der Waals surface area (Å²) < 4.78 is 0. The molecule has 1 rings (SSSR count). The molecule has 0 nitrogen and oxygen atoms in total. The molecule has 92 valence electrons. The van der Waals surface area contributed by atoms with Crippen LogP contribution in [0.15, 0.2) is 24.8 Å². The SMILES string of the molecule is C=CCCC(C)CC=CC1CCC1C(C)C. The van der Waals surface area contributed by atoms with Gasteiger partial charge in [-0.15, -0.1) is 6.58 Å². The highest BCUT2D eigenvalue weighted by molar-refractivity contribution is 4.98. The Bertz CT molecular complexity index is 224. The maximum absolute atomic E-state index is 3.77. The van der Waals surface area contributed by atoms with Crippen molar-refractivity contribution in [3.05, 3.63) is 24.8 Å². The molecule has 1 fully saturated rings. The second-order valence-corrected chi connectivity index (χ2v) is 5.78. The van der Waals surface area contributed by atoms with E-state index in [4.69, 9.17) is 0 Å². The quantitative estimate of drug-likeness (QED) is 0.516. The second kappa shape index (κ2) is 6.93. The summed E-state index contributed by atoms with van der Waals surface area (Å²) in [7, 11) is 0. The molecule has 0 N–H and O–H groups in total. The van der Waals surface area contributed by atoms with Crippen LogP contribution in [0, 0.1) is 23.7 Å². The minimum atomic E-state index is 0.812. The van der Waals surface area contributed by atoms with E-state index >= 15 is 0 Å². The lowest BCUT2D eigenvalue weighted by atomic mass is 9.68. The zero-order valence-electron chi connectivity index (χ0n) is 11.3. The average Bonchev–Trinajstić information content (AvgIpc) is 2.18. The topological polar surface area (TPSA) is 0 Å². The maximum Gasteiger partial charge on any atom is -0.0203 e. The first-order valence-electron chi connectivity index (χ1n) is 6.92. The van der Waals surface area contributed by atoms with E-state index in [1.165, 1.54) is 25.7 Å². The minimum absolute atomic E-state index is 0.812. The van der Waals surface area contributed by atoms with Gasteiger partial charge in [0, 0.05) is 0 Å². The monoisotopic (exact) mass is 220 g/mol. The van der Waals surface area contributed by atoms with Crippen molar-refractivity contribution in [3.8, 4) is 0 Å². The Hall–Kier alpha value is -0.520. The van der Waals surface area contributed by atoms with Gasteiger partial charge in [-0.2, -0.15) is 0 Å². The van der Waals surface area contributed by atoms with Crippen molar-refractivity contribution >= 4 is 0 Å². The molecule has 0 radical (unpaired) electrons. The normalized spacial score (nSPS) is 27.0. The van der Waals surface area contributed by atoms with Crippen LogP contribution < -0.4 is 0 Å². The molecule has 0 aromatic carbocycles. The summed E-state index contributed by atoms with van der Waals surface area (Å²) in [4.78, 5) is 0. The molecule has 0 aliphatic heterocycles. The van der Waals surface area contributed by atoms with Crippen LogP contribution in [-0.4, -0.2) is 0 Å². The lowest BCUT2D eigenvalue weighted by Crippen LogP contribution is -2.28. The van der Waals surface area contributed by atoms with Gasteiger partial charge in [-0.1, -0.05) is 39.0 Å². The lowest BCUT2D eigenvalue weighted by molar-refractivity contribution is 0.163. The molecule has 0 heterocycles. The van der Waals surface area contributed by atoms with E-state index in [0.717, 1.165) is 30.1 Å². The van der Waals surface area contributed by atoms with E-state index < -0.39 is 0 Å². The van der Waals surface area contributed by atoms with Gasteiger partial charge >= 0.3 is 0 Å². The predicted octanol–water partition coefficient (Wildman–Crippen LogP) is 5.22. The Morgan fingerprint density at radius 2 is 2.00 bits per heavy atom. The molecule has 0 aromatic heterocycles. The van der Waals surface area contributed by atoms with E-state index in [0.29, 0.717) is 0 Å². The Labute approximate surface area is 102 Å². The summed E-state index contributed by atoms with van der Waals surface area (Å²) in [6, 6.07) is 0. The number of allylic oxidation sites excluding steroid dienone is 3. The molecule has 3 atom stereocenters. The van der Waals surface area contributed by atoms with Crippen molar-refractivity contribution < 1.29 is 0 Å². The zero-order chi connectivity index (χ0) is 12.0. The van der Waals surface area contributed by atoms with E-state index in [1.807, 2.05) is 6.08 Å². The van der Waals surface area contributed by atoms with E-state index in [2.05, 4.69) is 39.5 Å². The van der Waals surface area contributed by atoms with Gasteiger partial charge in [-0.25, -0.2) is 0 Å². The highest BCUT2D eigenvalue weighted by atomic mass is 14.4. The first-order chi connectivity index (χ1) is 7.65. The van der Waals surface area contributed by atoms with Crippen LogP contribution in [0.3, 0.4) is 0 Å². The lowest BCUT2D eigenvalue weighted by Gasteiger charge is -2.37. The molecule has 1 saturated carbocycles. The second-order valence-electron chi connectivity index (χ2n) is 5.78. The molecule has 0 amide bonds. The molecule has 0 saturated heterocycles. The van der Waals surface area contributed by atoms with Gasteiger partial charge in [0.15, 0.2) is 0 Å². The Kier molecular flexibility index (Phi) is 5.87. The number of hydrogen-bond acceptors (Lipinski definition) is 0. The first kappa shape index (κ1) is 13.5. The van der Waals surface area contributed by atoms with Crippen molar-refractivity contribution in [2.75, 3.05) is 0 Å². The molecular formula is C16H28. The van der Waals surface area contributed by atoms with Gasteiger partial charge in [0.2, 0.25) is 0 Å². The molecule has 0 bridgehead atoms. The summed E-state index contributed by atoms with van der Waals surface area (Å²) in [5.74, 6) is 3.51. The Balaban J connectivity index is 2.19. The van der Waals surface area contributed by atoms with Crippen molar-refractivity contribution in [1.82, 2.24) is 0 Å². The van der Waals surface area contributed by atoms with Crippen LogP contribution in [0.5, 0.6) is 0 Å². The minimum Gasteiger partial charge on any atom is -0.103 e. The summed E-state index contributed by atoms with van der Waals surface area (Å²) >= 11 is 0. The molecular weight excluding hydrogens is 192 g/mol. The summed E-state index contributed by atoms with van der Waals surface area (Å²) in [6.07, 6.45) is 13.5. The molecule has 0 spiro atoms. The van der Waals surface area contributed by atoms with Gasteiger partial charge in [-0.3, -0.25) is 0 Å². The predicted molar refractivity (Wildman–Crippen MR) is 73.4 cm³/mol. The maximum atomic E-state index is 3.77. The van der Waals surface area contributed by atoms with Crippen LogP contribution in [0.4, 0.5) is 0 Å². The molecule has 16 heavy (non-hydrogen) atoms. The van der Waals surface area contributed by atoms with E-state index in [-0.39, 0.29) is 0 Å². The van der Waals surface area contributed by atoms with E-state index in [9.17, 15) is 0 Å². The summed E-state index contributed by atoms with van der Waals surface area (Å²) in [5.41, 5.74) is 0. The number of rotatable bonds is 7. The molecule has 1 aliphatic carbocycles. The third kappa shape index (κ3) is 4.15. The Morgan fingerprint density at radius 1 is 1.25 bits per heavy atom. The third-order valence-corrected chi connectivity index (χ3v) is 4.02. The summed E-state index contributed by atoms with van der Waals surface area (Å²) in [6.45, 7) is 10.8. The smallest absolute Gasteiger partial charge is 0.0203 e. The average molecular weight is 220 g/mol. The molecule has 0 aromatic rings. The van der Waals surface area contributed by atoms with Crippen LogP contribution in [0.25, 0.3) is 0 Å². The van der Waals surface area contributed by atoms with Gasteiger partial charge in [0.05, 0.1) is 0 Å². The van der Waals surface area contributed by atoms with Gasteiger partial charge in [-0.05, 0) is 55.8 Å². The molecule has 0 heteroatoms. The van der Waals surface area contributed by atoms with Crippen LogP contribution >= 0.6 is 0 Å². The van der Waals surface area contributed by atoms with Crippen molar-refractivity contribution in [2.24, 2.45) is 23.7 Å². The molecule has 3 unspecified atom stereocenters. The standard InChI is InChI=1S/C16H28/c1-5-6-8-14(4)9-7-10-15-11-12-16(15)13(2)3/h5,7,10,13-16H,1,6,8-9,11-12H2,2-4H3. The zero-order valence-corrected chi connectivity index (χ0v) is 11.3. The Morgan fingerprint density at radius 3 is 2.50 bits per heavy atom. The van der Waals surface area contributed by atoms with Crippen molar-refractivity contribution in [2.45, 2.75) is 52.9 Å². The largest absolute Gasteiger partial charge is 0.103 e. The van der Waals surface area contributed by atoms with Crippen molar-refractivity contribution in [3.63, 3.8) is 0 Å². The number of hydrogen-bond donors (Lipinski definition) is 0. The highest BCUT2D eigenvalue weighted by Crippen LogP contribution is 2.40. The van der Waals surface area contributed by atoms with Crippen LogP contribution in [-0.2, 0) is 0 Å². The van der Waals surface area contributed by atoms with Crippen LogP contribution in [0.2, 0.25) is 0 Å². The van der Waals surface area contributed by atoms with Crippen molar-refractivity contribution in [1.29, 1.82) is 0 Å². The highest BCUT2D eigenvalue weighted by Gasteiger charge is 2.30. The third-order valence-electron chi connectivity index (χ3n) is 4.02.